The summed E-state index contributed by atoms with van der Waals surface area (Å²) < 4.78 is 7.56. The van der Waals surface area contributed by atoms with Gasteiger partial charge in [-0.1, -0.05) is 18.5 Å². The van der Waals surface area contributed by atoms with E-state index < -0.39 is 0 Å². The van der Waals surface area contributed by atoms with Crippen molar-refractivity contribution in [3.05, 3.63) is 40.5 Å². The van der Waals surface area contributed by atoms with Gasteiger partial charge < -0.3 is 9.30 Å². The van der Waals surface area contributed by atoms with Gasteiger partial charge in [-0.15, -0.1) is 0 Å². The minimum atomic E-state index is 0.226. The molecular weight excluding hydrogens is 298 g/mol. The lowest BCUT2D eigenvalue weighted by Crippen LogP contribution is -2.16. The highest BCUT2D eigenvalue weighted by Crippen LogP contribution is 2.44. The molecule has 1 aromatic heterocycles. The summed E-state index contributed by atoms with van der Waals surface area (Å²) in [5.41, 5.74) is 4.15. The molecule has 0 amide bonds. The summed E-state index contributed by atoms with van der Waals surface area (Å²) in [5.74, 6) is 1.53. The molecule has 2 aliphatic rings. The lowest BCUT2D eigenvalue weighted by molar-refractivity contribution is 0.0968. The Balaban J connectivity index is 1.93. The minimum Gasteiger partial charge on any atom is -0.495 e. The lowest BCUT2D eigenvalue weighted by Gasteiger charge is -2.27. The topological polar surface area (TPSA) is 31.2 Å². The molecule has 1 aliphatic heterocycles. The van der Waals surface area contributed by atoms with Crippen LogP contribution in [0, 0.1) is 5.92 Å². The maximum atomic E-state index is 12.6. The summed E-state index contributed by atoms with van der Waals surface area (Å²) in [6.45, 7) is 3.07. The number of ketones is 1. The average Bonchev–Trinajstić information content (AvgIpc) is 3.27. The molecule has 4 rings (SSSR count). The third-order valence-electron chi connectivity index (χ3n) is 4.76. The van der Waals surface area contributed by atoms with Crippen LogP contribution in [0.1, 0.15) is 41.6 Å². The molecule has 0 saturated heterocycles. The number of methoxy groups -OCH3 is 1. The first-order chi connectivity index (χ1) is 10.6. The van der Waals surface area contributed by atoms with Gasteiger partial charge in [0.15, 0.2) is 5.78 Å². The van der Waals surface area contributed by atoms with Gasteiger partial charge in [-0.25, -0.2) is 0 Å². The van der Waals surface area contributed by atoms with Crippen LogP contribution in [0.4, 0.5) is 0 Å². The van der Waals surface area contributed by atoms with E-state index >= 15 is 0 Å². The Kier molecular flexibility index (Phi) is 3.08. The number of Topliss-reactive ketones (excluding diaryl/α,β-unsaturated/α-hetero) is 1. The predicted molar refractivity (Wildman–Crippen MR) is 86.9 cm³/mol. The van der Waals surface area contributed by atoms with E-state index in [9.17, 15) is 4.79 Å². The smallest absolute Gasteiger partial charge is 0.168 e. The van der Waals surface area contributed by atoms with Crippen molar-refractivity contribution in [1.29, 1.82) is 0 Å². The number of carbonyl (C=O) groups excluding carboxylic acids is 1. The van der Waals surface area contributed by atoms with Crippen molar-refractivity contribution in [3.63, 3.8) is 0 Å². The highest BCUT2D eigenvalue weighted by Gasteiger charge is 2.35. The molecule has 1 aliphatic carbocycles. The molecule has 3 nitrogen and oxygen atoms in total. The largest absolute Gasteiger partial charge is 0.495 e. The normalized spacial score (nSPS) is 19.5. The summed E-state index contributed by atoms with van der Waals surface area (Å²) in [7, 11) is 1.62. The minimum absolute atomic E-state index is 0.226. The second-order valence-electron chi connectivity index (χ2n) is 6.34. The van der Waals surface area contributed by atoms with Gasteiger partial charge in [-0.3, -0.25) is 4.79 Å². The lowest BCUT2D eigenvalue weighted by atomic mass is 9.88. The van der Waals surface area contributed by atoms with Crippen molar-refractivity contribution in [3.8, 4) is 17.0 Å². The fourth-order valence-electron chi connectivity index (χ4n) is 3.42. The Labute approximate surface area is 134 Å². The summed E-state index contributed by atoms with van der Waals surface area (Å²) in [6.07, 6.45) is 4.08. The number of hydrogen-bond donors (Lipinski definition) is 0. The van der Waals surface area contributed by atoms with E-state index in [4.69, 9.17) is 16.3 Å². The second kappa shape index (κ2) is 4.88. The highest BCUT2D eigenvalue weighted by molar-refractivity contribution is 6.32. The van der Waals surface area contributed by atoms with Gasteiger partial charge in [0.05, 0.1) is 17.8 Å². The maximum Gasteiger partial charge on any atom is 0.168 e. The SMILES string of the molecule is COc1cc2c(cc1Cl)C(C)Cn1ccc(C(=O)C3CC3)c1-2. The Morgan fingerprint density at radius 2 is 2.14 bits per heavy atom. The van der Waals surface area contributed by atoms with Crippen LogP contribution in [0.25, 0.3) is 11.3 Å². The van der Waals surface area contributed by atoms with Crippen LogP contribution < -0.4 is 4.74 Å². The fourth-order valence-corrected chi connectivity index (χ4v) is 3.67. The molecule has 114 valence electrons. The van der Waals surface area contributed by atoms with Crippen molar-refractivity contribution >= 4 is 17.4 Å². The third-order valence-corrected chi connectivity index (χ3v) is 5.05. The Bertz CT molecular complexity index is 774. The zero-order valence-corrected chi connectivity index (χ0v) is 13.5. The molecule has 2 aromatic rings. The maximum absolute atomic E-state index is 12.6. The summed E-state index contributed by atoms with van der Waals surface area (Å²) in [6, 6.07) is 5.93. The van der Waals surface area contributed by atoms with E-state index in [1.807, 2.05) is 24.4 Å². The van der Waals surface area contributed by atoms with E-state index in [2.05, 4.69) is 11.5 Å². The molecule has 4 heteroatoms. The molecular formula is C18H18ClNO2. The molecule has 0 bridgehead atoms. The molecule has 2 heterocycles. The van der Waals surface area contributed by atoms with Crippen molar-refractivity contribution in [2.24, 2.45) is 5.92 Å². The molecule has 1 atom stereocenters. The van der Waals surface area contributed by atoms with Gasteiger partial charge >= 0.3 is 0 Å². The number of fused-ring (bicyclic) bond motifs is 3. The van der Waals surface area contributed by atoms with Crippen LogP contribution >= 0.6 is 11.6 Å². The number of carbonyl (C=O) groups is 1. The zero-order valence-electron chi connectivity index (χ0n) is 12.7. The Hall–Kier alpha value is -1.74. The van der Waals surface area contributed by atoms with Crippen LogP contribution in [0.15, 0.2) is 24.4 Å². The molecule has 0 N–H and O–H groups in total. The molecule has 0 spiro atoms. The highest BCUT2D eigenvalue weighted by atomic mass is 35.5. The number of hydrogen-bond acceptors (Lipinski definition) is 2. The van der Waals surface area contributed by atoms with Crippen LogP contribution in [-0.2, 0) is 6.54 Å². The second-order valence-corrected chi connectivity index (χ2v) is 6.75. The number of ether oxygens (including phenoxy) is 1. The quantitative estimate of drug-likeness (QED) is 0.779. The number of benzene rings is 1. The third kappa shape index (κ3) is 1.99. The van der Waals surface area contributed by atoms with Gasteiger partial charge in [0.25, 0.3) is 0 Å². The van der Waals surface area contributed by atoms with Gasteiger partial charge in [-0.2, -0.15) is 0 Å². The van der Waals surface area contributed by atoms with Crippen LogP contribution in [0.2, 0.25) is 5.02 Å². The zero-order chi connectivity index (χ0) is 15.4. The molecule has 1 fully saturated rings. The first-order valence-electron chi connectivity index (χ1n) is 7.71. The summed E-state index contributed by atoms with van der Waals surface area (Å²) in [5, 5.41) is 0.628. The number of aromatic nitrogens is 1. The van der Waals surface area contributed by atoms with Crippen LogP contribution in [0.5, 0.6) is 5.75 Å². The van der Waals surface area contributed by atoms with Crippen molar-refractivity contribution in [2.45, 2.75) is 32.2 Å². The molecule has 1 aromatic carbocycles. The number of nitrogens with zero attached hydrogens (tertiary/aromatic N) is 1. The monoisotopic (exact) mass is 315 g/mol. The Morgan fingerprint density at radius 1 is 1.36 bits per heavy atom. The number of halogens is 1. The fraction of sp³-hybridized carbons (Fsp3) is 0.389. The molecule has 1 saturated carbocycles. The van der Waals surface area contributed by atoms with E-state index in [1.54, 1.807) is 7.11 Å². The van der Waals surface area contributed by atoms with E-state index in [0.29, 0.717) is 16.7 Å². The van der Waals surface area contributed by atoms with Crippen LogP contribution in [-0.4, -0.2) is 17.5 Å². The number of rotatable bonds is 3. The summed E-state index contributed by atoms with van der Waals surface area (Å²) in [4.78, 5) is 12.6. The Morgan fingerprint density at radius 3 is 2.82 bits per heavy atom. The van der Waals surface area contributed by atoms with Crippen molar-refractivity contribution < 1.29 is 9.53 Å². The average molecular weight is 316 g/mol. The summed E-state index contributed by atoms with van der Waals surface area (Å²) >= 11 is 6.29. The van der Waals surface area contributed by atoms with Crippen molar-refractivity contribution in [1.82, 2.24) is 4.57 Å². The first-order valence-corrected chi connectivity index (χ1v) is 8.09. The first kappa shape index (κ1) is 13.9. The van der Waals surface area contributed by atoms with Gasteiger partial charge in [-0.05, 0) is 42.5 Å². The van der Waals surface area contributed by atoms with Crippen molar-refractivity contribution in [2.75, 3.05) is 7.11 Å². The predicted octanol–water partition coefficient (Wildman–Crippen LogP) is 4.53. The van der Waals surface area contributed by atoms with Gasteiger partial charge in [0.1, 0.15) is 5.75 Å². The molecule has 0 radical (unpaired) electrons. The van der Waals surface area contributed by atoms with E-state index in [1.165, 1.54) is 5.56 Å². The van der Waals surface area contributed by atoms with E-state index in [-0.39, 0.29) is 11.7 Å². The van der Waals surface area contributed by atoms with Crippen LogP contribution in [0.3, 0.4) is 0 Å². The van der Waals surface area contributed by atoms with E-state index in [0.717, 1.165) is 36.2 Å². The van der Waals surface area contributed by atoms with Gasteiger partial charge in [0, 0.05) is 29.8 Å². The standard InChI is InChI=1S/C18H18ClNO2/c1-10-9-20-6-5-12(18(21)11-3-4-11)17(20)14-8-16(22-2)15(19)7-13(10)14/h5-8,10-11H,3-4,9H2,1-2H3. The van der Waals surface area contributed by atoms with Gasteiger partial charge in [0.2, 0.25) is 0 Å². The molecule has 1 unspecified atom stereocenters. The molecule has 22 heavy (non-hydrogen) atoms.